The van der Waals surface area contributed by atoms with E-state index in [0.717, 1.165) is 32.1 Å². The van der Waals surface area contributed by atoms with Crippen molar-refractivity contribution in [3.8, 4) is 0 Å². The lowest BCUT2D eigenvalue weighted by Crippen LogP contribution is -2.38. The van der Waals surface area contributed by atoms with Crippen LogP contribution in [-0.2, 0) is 19.6 Å². The van der Waals surface area contributed by atoms with Gasteiger partial charge in [0.25, 0.3) is 0 Å². The molecule has 3 aromatic rings. The number of hydrogen-bond donors (Lipinski definition) is 2. The maximum absolute atomic E-state index is 4.75. The maximum Gasteiger partial charge on any atom is 0.191 e. The molecule has 3 rings (SSSR count). The van der Waals surface area contributed by atoms with Crippen LogP contribution in [0, 0.1) is 6.92 Å². The molecule has 0 spiro atoms. The van der Waals surface area contributed by atoms with E-state index < -0.39 is 0 Å². The van der Waals surface area contributed by atoms with Gasteiger partial charge in [0.1, 0.15) is 0 Å². The van der Waals surface area contributed by atoms with Gasteiger partial charge in [0.2, 0.25) is 0 Å². The molecule has 7 heteroatoms. The summed E-state index contributed by atoms with van der Waals surface area (Å²) in [6.45, 7) is 7.87. The predicted octanol–water partition coefficient (Wildman–Crippen LogP) is 2.19. The van der Waals surface area contributed by atoms with Crippen LogP contribution in [0.3, 0.4) is 0 Å². The number of nitrogens with zero attached hydrogens (tertiary/aromatic N) is 5. The van der Waals surface area contributed by atoms with Crippen LogP contribution in [0.1, 0.15) is 23.6 Å². The van der Waals surface area contributed by atoms with Gasteiger partial charge in [0, 0.05) is 31.7 Å². The molecule has 0 unspecified atom stereocenters. The summed E-state index contributed by atoms with van der Waals surface area (Å²) in [4.78, 5) is 4.75. The summed E-state index contributed by atoms with van der Waals surface area (Å²) < 4.78 is 3.86. The summed E-state index contributed by atoms with van der Waals surface area (Å²) in [7, 11) is 0. The molecule has 2 N–H and O–H groups in total. The minimum atomic E-state index is 0.619. The number of guanidine groups is 1. The fourth-order valence-electron chi connectivity index (χ4n) is 2.82. The molecule has 0 saturated carbocycles. The molecule has 27 heavy (non-hydrogen) atoms. The van der Waals surface area contributed by atoms with Crippen LogP contribution in [0.4, 0.5) is 0 Å². The monoisotopic (exact) mass is 365 g/mol. The molecule has 0 aliphatic carbocycles. The highest BCUT2D eigenvalue weighted by atomic mass is 15.3. The first-order valence-corrected chi connectivity index (χ1v) is 9.30. The molecule has 0 aliphatic heterocycles. The molecule has 0 bridgehead atoms. The molecule has 0 atom stereocenters. The van der Waals surface area contributed by atoms with Crippen LogP contribution >= 0.6 is 0 Å². The van der Waals surface area contributed by atoms with Crippen molar-refractivity contribution in [3.05, 3.63) is 71.8 Å². The lowest BCUT2D eigenvalue weighted by atomic mass is 10.1. The van der Waals surface area contributed by atoms with Gasteiger partial charge in [-0.3, -0.25) is 9.36 Å². The number of hydrogen-bond acceptors (Lipinski definition) is 3. The Morgan fingerprint density at radius 1 is 1.07 bits per heavy atom. The highest BCUT2D eigenvalue weighted by Crippen LogP contribution is 2.11. The summed E-state index contributed by atoms with van der Waals surface area (Å²) in [5.74, 6) is 0.815. The van der Waals surface area contributed by atoms with Crippen LogP contribution in [0.5, 0.6) is 0 Å². The summed E-state index contributed by atoms with van der Waals surface area (Å²) in [5.41, 5.74) is 3.60. The van der Waals surface area contributed by atoms with Crippen molar-refractivity contribution in [1.82, 2.24) is 30.2 Å². The van der Waals surface area contributed by atoms with E-state index in [9.17, 15) is 0 Å². The fraction of sp³-hybridized carbons (Fsp3) is 0.350. The fourth-order valence-corrected chi connectivity index (χ4v) is 2.82. The Balaban J connectivity index is 1.60. The van der Waals surface area contributed by atoms with Gasteiger partial charge in [-0.15, -0.1) is 0 Å². The van der Waals surface area contributed by atoms with Crippen molar-refractivity contribution in [2.75, 3.05) is 13.1 Å². The zero-order valence-corrected chi connectivity index (χ0v) is 16.0. The first kappa shape index (κ1) is 18.7. The van der Waals surface area contributed by atoms with Crippen LogP contribution in [-0.4, -0.2) is 38.6 Å². The van der Waals surface area contributed by atoms with E-state index in [-0.39, 0.29) is 0 Å². The smallest absolute Gasteiger partial charge is 0.191 e. The van der Waals surface area contributed by atoms with E-state index in [0.29, 0.717) is 6.54 Å². The molecule has 142 valence electrons. The Hall–Kier alpha value is -3.09. The van der Waals surface area contributed by atoms with Crippen molar-refractivity contribution in [2.45, 2.75) is 33.5 Å². The molecule has 0 fully saturated rings. The van der Waals surface area contributed by atoms with E-state index in [1.807, 2.05) is 40.9 Å². The summed E-state index contributed by atoms with van der Waals surface area (Å²) in [6.07, 6.45) is 7.69. The van der Waals surface area contributed by atoms with E-state index >= 15 is 0 Å². The molecule has 1 aromatic carbocycles. The van der Waals surface area contributed by atoms with Crippen molar-refractivity contribution < 1.29 is 0 Å². The van der Waals surface area contributed by atoms with Gasteiger partial charge in [-0.05, 0) is 36.6 Å². The summed E-state index contributed by atoms with van der Waals surface area (Å²) >= 11 is 0. The van der Waals surface area contributed by atoms with Crippen molar-refractivity contribution in [2.24, 2.45) is 4.99 Å². The van der Waals surface area contributed by atoms with Gasteiger partial charge in [0.05, 0.1) is 25.8 Å². The third-order valence-electron chi connectivity index (χ3n) is 4.16. The minimum absolute atomic E-state index is 0.619. The molecule has 7 nitrogen and oxygen atoms in total. The Bertz CT molecular complexity index is 849. The summed E-state index contributed by atoms with van der Waals surface area (Å²) in [5, 5.41) is 15.3. The number of nitrogens with one attached hydrogen (secondary N) is 2. The zero-order valence-electron chi connectivity index (χ0n) is 16.0. The number of aryl methyl sites for hydroxylation is 1. The third kappa shape index (κ3) is 5.70. The minimum Gasteiger partial charge on any atom is -0.357 e. The standard InChI is InChI=1S/C20H27N7/c1-3-21-20(22-10-12-27-15-17(2)13-25-27)23-14-18-7-4-5-8-19(18)16-26-11-6-9-24-26/h4-9,11,13,15H,3,10,12,14,16H2,1-2H3,(H2,21,22,23). The Kier molecular flexibility index (Phi) is 6.62. The first-order chi connectivity index (χ1) is 13.2. The summed E-state index contributed by atoms with van der Waals surface area (Å²) in [6, 6.07) is 10.3. The van der Waals surface area contributed by atoms with E-state index in [2.05, 4.69) is 52.0 Å². The molecule has 2 heterocycles. The first-order valence-electron chi connectivity index (χ1n) is 9.30. The number of rotatable bonds is 8. The second-order valence-electron chi connectivity index (χ2n) is 6.38. The van der Waals surface area contributed by atoms with Gasteiger partial charge in [0.15, 0.2) is 5.96 Å². The quantitative estimate of drug-likeness (QED) is 0.474. The van der Waals surface area contributed by atoms with Gasteiger partial charge in [-0.25, -0.2) is 4.99 Å². The SMILES string of the molecule is CCNC(=NCc1ccccc1Cn1cccn1)NCCn1cc(C)cn1. The average molecular weight is 365 g/mol. The average Bonchev–Trinajstić information content (AvgIpc) is 3.32. The van der Waals surface area contributed by atoms with Crippen LogP contribution in [0.2, 0.25) is 0 Å². The van der Waals surface area contributed by atoms with E-state index in [4.69, 9.17) is 4.99 Å². The van der Waals surface area contributed by atoms with Crippen LogP contribution in [0.15, 0.2) is 60.1 Å². The van der Waals surface area contributed by atoms with E-state index in [1.54, 1.807) is 6.20 Å². The van der Waals surface area contributed by atoms with Crippen LogP contribution in [0.25, 0.3) is 0 Å². The van der Waals surface area contributed by atoms with Crippen molar-refractivity contribution in [1.29, 1.82) is 0 Å². The molecule has 2 aromatic heterocycles. The topological polar surface area (TPSA) is 72.1 Å². The Morgan fingerprint density at radius 2 is 1.93 bits per heavy atom. The predicted molar refractivity (Wildman–Crippen MR) is 108 cm³/mol. The van der Waals surface area contributed by atoms with Crippen molar-refractivity contribution in [3.63, 3.8) is 0 Å². The van der Waals surface area contributed by atoms with Crippen molar-refractivity contribution >= 4 is 5.96 Å². The number of aromatic nitrogens is 4. The van der Waals surface area contributed by atoms with Gasteiger partial charge >= 0.3 is 0 Å². The normalized spacial score (nSPS) is 11.6. The lowest BCUT2D eigenvalue weighted by Gasteiger charge is -2.12. The Morgan fingerprint density at radius 3 is 2.63 bits per heavy atom. The lowest BCUT2D eigenvalue weighted by molar-refractivity contribution is 0.597. The largest absolute Gasteiger partial charge is 0.357 e. The molecule has 0 saturated heterocycles. The molecular formula is C20H27N7. The van der Waals surface area contributed by atoms with Gasteiger partial charge in [-0.2, -0.15) is 10.2 Å². The van der Waals surface area contributed by atoms with Gasteiger partial charge in [-0.1, -0.05) is 24.3 Å². The second-order valence-corrected chi connectivity index (χ2v) is 6.38. The van der Waals surface area contributed by atoms with Crippen LogP contribution < -0.4 is 10.6 Å². The van der Waals surface area contributed by atoms with E-state index in [1.165, 1.54) is 16.7 Å². The molecular weight excluding hydrogens is 338 g/mol. The number of benzene rings is 1. The number of aliphatic imine (C=N–C) groups is 1. The molecule has 0 aliphatic rings. The highest BCUT2D eigenvalue weighted by molar-refractivity contribution is 5.79. The maximum atomic E-state index is 4.75. The third-order valence-corrected chi connectivity index (χ3v) is 4.16. The molecule has 0 radical (unpaired) electrons. The second kappa shape index (κ2) is 9.56. The van der Waals surface area contributed by atoms with Gasteiger partial charge < -0.3 is 10.6 Å². The molecule has 0 amide bonds. The highest BCUT2D eigenvalue weighted by Gasteiger charge is 2.04. The zero-order chi connectivity index (χ0) is 18.9. The Labute approximate surface area is 160 Å².